The molecule has 0 saturated heterocycles. The van der Waals surface area contributed by atoms with Crippen LogP contribution in [0, 0.1) is 0 Å². The zero-order valence-corrected chi connectivity index (χ0v) is 15.8. The zero-order valence-electron chi connectivity index (χ0n) is 14.9. The molecule has 1 aliphatic rings. The zero-order chi connectivity index (χ0) is 19.1. The number of benzene rings is 2. The van der Waals surface area contributed by atoms with Gasteiger partial charge in [0, 0.05) is 16.9 Å². The summed E-state index contributed by atoms with van der Waals surface area (Å²) in [4.78, 5) is 25.1. The molecule has 0 saturated carbocycles. The fourth-order valence-electron chi connectivity index (χ4n) is 2.42. The molecule has 0 aliphatic carbocycles. The molecule has 0 unspecified atom stereocenters. The standard InChI is InChI=1S/C20H20O6S/c1-23-15-4-6-16(7-5-15)27-13-20(22)26-12-17(21)14-3-8-18-19(11-14)25-10-2-9-24-18/h3-8,11H,2,9-10,12-13H2,1H3. The van der Waals surface area contributed by atoms with Gasteiger partial charge in [0.15, 0.2) is 23.9 Å². The molecular weight excluding hydrogens is 368 g/mol. The minimum absolute atomic E-state index is 0.126. The number of carbonyl (C=O) groups excluding carboxylic acids is 2. The Labute approximate surface area is 161 Å². The fraction of sp³-hybridized carbons (Fsp3) is 0.300. The van der Waals surface area contributed by atoms with E-state index in [1.54, 1.807) is 25.3 Å². The normalized spacial score (nSPS) is 12.8. The van der Waals surface area contributed by atoms with Crippen molar-refractivity contribution in [2.45, 2.75) is 11.3 Å². The monoisotopic (exact) mass is 388 g/mol. The second-order valence-corrected chi connectivity index (χ2v) is 6.81. The van der Waals surface area contributed by atoms with Crippen LogP contribution in [-0.2, 0) is 9.53 Å². The quantitative estimate of drug-likeness (QED) is 0.409. The molecule has 0 spiro atoms. The Balaban J connectivity index is 1.48. The first-order valence-corrected chi connectivity index (χ1v) is 9.49. The predicted molar refractivity (Wildman–Crippen MR) is 101 cm³/mol. The Morgan fingerprint density at radius 2 is 1.78 bits per heavy atom. The van der Waals surface area contributed by atoms with E-state index in [0.29, 0.717) is 30.3 Å². The Hall–Kier alpha value is -2.67. The number of thioether (sulfide) groups is 1. The molecule has 6 nitrogen and oxygen atoms in total. The molecule has 0 bridgehead atoms. The van der Waals surface area contributed by atoms with E-state index in [1.807, 2.05) is 24.3 Å². The van der Waals surface area contributed by atoms with Gasteiger partial charge in [0.05, 0.1) is 26.1 Å². The van der Waals surface area contributed by atoms with Crippen LogP contribution in [-0.4, -0.2) is 44.4 Å². The highest BCUT2D eigenvalue weighted by molar-refractivity contribution is 8.00. The van der Waals surface area contributed by atoms with Crippen molar-refractivity contribution in [1.29, 1.82) is 0 Å². The number of Topliss-reactive ketones (excluding diaryl/α,β-unsaturated/α-hetero) is 1. The molecule has 3 rings (SSSR count). The second kappa shape index (κ2) is 9.32. The van der Waals surface area contributed by atoms with E-state index in [1.165, 1.54) is 11.8 Å². The third kappa shape index (κ3) is 5.40. The van der Waals surface area contributed by atoms with Gasteiger partial charge in [-0.2, -0.15) is 0 Å². The molecule has 0 aromatic heterocycles. The summed E-state index contributed by atoms with van der Waals surface area (Å²) in [5, 5.41) is 0. The molecule has 0 amide bonds. The first-order chi connectivity index (χ1) is 13.2. The van der Waals surface area contributed by atoms with Gasteiger partial charge in [-0.3, -0.25) is 9.59 Å². The van der Waals surface area contributed by atoms with Crippen molar-refractivity contribution in [3.05, 3.63) is 48.0 Å². The summed E-state index contributed by atoms with van der Waals surface area (Å²) in [5.41, 5.74) is 0.426. The molecule has 1 aliphatic heterocycles. The van der Waals surface area contributed by atoms with Crippen LogP contribution in [0.4, 0.5) is 0 Å². The number of fused-ring (bicyclic) bond motifs is 1. The average molecular weight is 388 g/mol. The van der Waals surface area contributed by atoms with Crippen molar-refractivity contribution in [3.63, 3.8) is 0 Å². The summed E-state index contributed by atoms with van der Waals surface area (Å²) in [6, 6.07) is 12.3. The van der Waals surface area contributed by atoms with Crippen LogP contribution in [0.3, 0.4) is 0 Å². The van der Waals surface area contributed by atoms with Gasteiger partial charge in [0.1, 0.15) is 5.75 Å². The summed E-state index contributed by atoms with van der Waals surface area (Å²) >= 11 is 1.34. The highest BCUT2D eigenvalue weighted by Crippen LogP contribution is 2.30. The van der Waals surface area contributed by atoms with E-state index in [4.69, 9.17) is 18.9 Å². The maximum Gasteiger partial charge on any atom is 0.316 e. The number of hydrogen-bond donors (Lipinski definition) is 0. The van der Waals surface area contributed by atoms with E-state index in [2.05, 4.69) is 0 Å². The van der Waals surface area contributed by atoms with Crippen LogP contribution in [0.25, 0.3) is 0 Å². The Kier molecular flexibility index (Phi) is 6.59. The van der Waals surface area contributed by atoms with Gasteiger partial charge in [-0.15, -0.1) is 11.8 Å². The van der Waals surface area contributed by atoms with Crippen LogP contribution in [0.5, 0.6) is 17.2 Å². The van der Waals surface area contributed by atoms with E-state index in [0.717, 1.165) is 17.1 Å². The molecule has 27 heavy (non-hydrogen) atoms. The Morgan fingerprint density at radius 3 is 2.52 bits per heavy atom. The van der Waals surface area contributed by atoms with Crippen molar-refractivity contribution in [2.24, 2.45) is 0 Å². The van der Waals surface area contributed by atoms with E-state index in [-0.39, 0.29) is 18.1 Å². The lowest BCUT2D eigenvalue weighted by Gasteiger charge is -2.09. The molecule has 7 heteroatoms. The first kappa shape index (κ1) is 19.1. The van der Waals surface area contributed by atoms with Gasteiger partial charge in [0.25, 0.3) is 0 Å². The number of hydrogen-bond acceptors (Lipinski definition) is 7. The average Bonchev–Trinajstić information content (AvgIpc) is 2.95. The lowest BCUT2D eigenvalue weighted by molar-refractivity contribution is -0.139. The number of ketones is 1. The lowest BCUT2D eigenvalue weighted by Crippen LogP contribution is -2.15. The number of ether oxygens (including phenoxy) is 4. The summed E-state index contributed by atoms with van der Waals surface area (Å²) in [7, 11) is 1.60. The van der Waals surface area contributed by atoms with Crippen LogP contribution in [0.15, 0.2) is 47.4 Å². The van der Waals surface area contributed by atoms with Gasteiger partial charge in [-0.05, 0) is 42.5 Å². The number of carbonyl (C=O) groups is 2. The molecular formula is C20H20O6S. The lowest BCUT2D eigenvalue weighted by atomic mass is 10.1. The van der Waals surface area contributed by atoms with Gasteiger partial charge in [-0.1, -0.05) is 0 Å². The summed E-state index contributed by atoms with van der Waals surface area (Å²) in [5.74, 6) is 1.31. The molecule has 0 N–H and O–H groups in total. The van der Waals surface area contributed by atoms with Gasteiger partial charge in [-0.25, -0.2) is 0 Å². The van der Waals surface area contributed by atoms with E-state index in [9.17, 15) is 9.59 Å². The smallest absolute Gasteiger partial charge is 0.316 e. The molecule has 0 atom stereocenters. The van der Waals surface area contributed by atoms with Crippen LogP contribution in [0.1, 0.15) is 16.8 Å². The van der Waals surface area contributed by atoms with Crippen molar-refractivity contribution >= 4 is 23.5 Å². The Bertz CT molecular complexity index is 803. The van der Waals surface area contributed by atoms with Crippen molar-refractivity contribution in [2.75, 3.05) is 32.7 Å². The van der Waals surface area contributed by atoms with Gasteiger partial charge < -0.3 is 18.9 Å². The van der Waals surface area contributed by atoms with Gasteiger partial charge in [0.2, 0.25) is 0 Å². The van der Waals surface area contributed by atoms with Crippen molar-refractivity contribution in [1.82, 2.24) is 0 Å². The van der Waals surface area contributed by atoms with Crippen molar-refractivity contribution in [3.8, 4) is 17.2 Å². The summed E-state index contributed by atoms with van der Waals surface area (Å²) in [6.45, 7) is 0.827. The Morgan fingerprint density at radius 1 is 1.04 bits per heavy atom. The summed E-state index contributed by atoms with van der Waals surface area (Å²) < 4.78 is 21.3. The number of methoxy groups -OCH3 is 1. The molecule has 0 fully saturated rings. The molecule has 2 aromatic rings. The molecule has 1 heterocycles. The van der Waals surface area contributed by atoms with Crippen molar-refractivity contribution < 1.29 is 28.5 Å². The first-order valence-electron chi connectivity index (χ1n) is 8.51. The van der Waals surface area contributed by atoms with E-state index >= 15 is 0 Å². The maximum absolute atomic E-state index is 12.3. The topological polar surface area (TPSA) is 71.1 Å². The highest BCUT2D eigenvalue weighted by Gasteiger charge is 2.15. The van der Waals surface area contributed by atoms with Crippen LogP contribution in [0.2, 0.25) is 0 Å². The molecule has 142 valence electrons. The highest BCUT2D eigenvalue weighted by atomic mass is 32.2. The predicted octanol–water partition coefficient (Wildman–Crippen LogP) is 3.37. The maximum atomic E-state index is 12.3. The van der Waals surface area contributed by atoms with Crippen LogP contribution < -0.4 is 14.2 Å². The fourth-order valence-corrected chi connectivity index (χ4v) is 3.12. The third-order valence-corrected chi connectivity index (χ3v) is 4.84. The summed E-state index contributed by atoms with van der Waals surface area (Å²) in [6.07, 6.45) is 0.793. The molecule has 2 aromatic carbocycles. The SMILES string of the molecule is COc1ccc(SCC(=O)OCC(=O)c2ccc3c(c2)OCCCO3)cc1. The number of esters is 1. The number of rotatable bonds is 7. The van der Waals surface area contributed by atoms with Crippen LogP contribution >= 0.6 is 11.8 Å². The minimum atomic E-state index is -0.446. The molecule has 0 radical (unpaired) electrons. The van der Waals surface area contributed by atoms with Gasteiger partial charge >= 0.3 is 5.97 Å². The van der Waals surface area contributed by atoms with E-state index < -0.39 is 5.97 Å². The largest absolute Gasteiger partial charge is 0.497 e. The second-order valence-electron chi connectivity index (χ2n) is 5.76. The third-order valence-electron chi connectivity index (χ3n) is 3.85. The minimum Gasteiger partial charge on any atom is -0.497 e.